The van der Waals surface area contributed by atoms with E-state index in [0.717, 1.165) is 18.1 Å². The van der Waals surface area contributed by atoms with E-state index in [2.05, 4.69) is 0 Å². The lowest BCUT2D eigenvalue weighted by atomic mass is 10.4. The first-order chi connectivity index (χ1) is 5.77. The average molecular weight is 193 g/mol. The normalized spacial score (nSPS) is 13.2. The first-order valence-electron chi connectivity index (χ1n) is 4.17. The molecule has 0 fully saturated rings. The van der Waals surface area contributed by atoms with Crippen molar-refractivity contribution in [2.24, 2.45) is 5.73 Å². The van der Waals surface area contributed by atoms with Crippen LogP contribution in [-0.2, 0) is 9.47 Å². The van der Waals surface area contributed by atoms with E-state index in [1.165, 1.54) is 0 Å². The van der Waals surface area contributed by atoms with Crippen LogP contribution >= 0.6 is 11.8 Å². The number of hydrogen-bond acceptors (Lipinski definition) is 4. The van der Waals surface area contributed by atoms with Crippen LogP contribution in [0.15, 0.2) is 0 Å². The number of hydrogen-bond donors (Lipinski definition) is 1. The predicted octanol–water partition coefficient (Wildman–Crippen LogP) is 0.730. The molecule has 0 saturated heterocycles. The highest BCUT2D eigenvalue weighted by Crippen LogP contribution is 2.00. The molecule has 0 aliphatic carbocycles. The van der Waals surface area contributed by atoms with Crippen LogP contribution < -0.4 is 5.73 Å². The van der Waals surface area contributed by atoms with Crippen molar-refractivity contribution in [2.45, 2.75) is 13.0 Å². The molecule has 0 aliphatic rings. The SMILES string of the molecule is COCCOCCSCC(C)N. The number of thioether (sulfide) groups is 1. The van der Waals surface area contributed by atoms with Crippen LogP contribution in [0.25, 0.3) is 0 Å². The van der Waals surface area contributed by atoms with Crippen LogP contribution in [0.1, 0.15) is 6.92 Å². The van der Waals surface area contributed by atoms with Crippen molar-refractivity contribution >= 4 is 11.8 Å². The van der Waals surface area contributed by atoms with Gasteiger partial charge in [-0.05, 0) is 6.92 Å². The number of rotatable bonds is 8. The van der Waals surface area contributed by atoms with E-state index in [0.29, 0.717) is 13.2 Å². The second kappa shape index (κ2) is 9.32. The van der Waals surface area contributed by atoms with Gasteiger partial charge in [0.15, 0.2) is 0 Å². The Bertz CT molecular complexity index is 91.1. The zero-order chi connectivity index (χ0) is 9.23. The molecule has 74 valence electrons. The van der Waals surface area contributed by atoms with Gasteiger partial charge in [-0.15, -0.1) is 0 Å². The quantitative estimate of drug-likeness (QED) is 0.577. The minimum Gasteiger partial charge on any atom is -0.382 e. The highest BCUT2D eigenvalue weighted by atomic mass is 32.2. The summed E-state index contributed by atoms with van der Waals surface area (Å²) in [5.41, 5.74) is 5.57. The van der Waals surface area contributed by atoms with E-state index in [9.17, 15) is 0 Å². The van der Waals surface area contributed by atoms with Crippen molar-refractivity contribution in [2.75, 3.05) is 38.4 Å². The van der Waals surface area contributed by atoms with Gasteiger partial charge in [0.2, 0.25) is 0 Å². The fourth-order valence-corrected chi connectivity index (χ4v) is 1.41. The Balaban J connectivity index is 2.82. The van der Waals surface area contributed by atoms with Gasteiger partial charge in [0.25, 0.3) is 0 Å². The molecule has 0 radical (unpaired) electrons. The van der Waals surface area contributed by atoms with Crippen molar-refractivity contribution in [3.63, 3.8) is 0 Å². The van der Waals surface area contributed by atoms with Gasteiger partial charge in [0.1, 0.15) is 0 Å². The molecule has 0 aromatic carbocycles. The second-order valence-electron chi connectivity index (χ2n) is 2.66. The molecule has 0 aromatic rings. The van der Waals surface area contributed by atoms with E-state index >= 15 is 0 Å². The highest BCUT2D eigenvalue weighted by Gasteiger charge is 1.93. The Kier molecular flexibility index (Phi) is 9.50. The van der Waals surface area contributed by atoms with Gasteiger partial charge in [-0.3, -0.25) is 0 Å². The summed E-state index contributed by atoms with van der Waals surface area (Å²) >= 11 is 1.83. The summed E-state index contributed by atoms with van der Waals surface area (Å²) in [5, 5.41) is 0. The first-order valence-corrected chi connectivity index (χ1v) is 5.33. The third kappa shape index (κ3) is 10.2. The minimum absolute atomic E-state index is 0.286. The lowest BCUT2D eigenvalue weighted by Gasteiger charge is -2.05. The average Bonchev–Trinajstić information content (AvgIpc) is 2.02. The van der Waals surface area contributed by atoms with Crippen LogP contribution in [0.2, 0.25) is 0 Å². The summed E-state index contributed by atoms with van der Waals surface area (Å²) in [6.07, 6.45) is 0. The van der Waals surface area contributed by atoms with Crippen LogP contribution in [0, 0.1) is 0 Å². The largest absolute Gasteiger partial charge is 0.382 e. The van der Waals surface area contributed by atoms with Crippen molar-refractivity contribution in [3.05, 3.63) is 0 Å². The molecular formula is C8H19NO2S. The molecule has 0 aromatic heterocycles. The van der Waals surface area contributed by atoms with Crippen molar-refractivity contribution in [3.8, 4) is 0 Å². The monoisotopic (exact) mass is 193 g/mol. The molecule has 3 nitrogen and oxygen atoms in total. The van der Waals surface area contributed by atoms with Crippen LogP contribution in [0.5, 0.6) is 0 Å². The van der Waals surface area contributed by atoms with E-state index in [1.807, 2.05) is 18.7 Å². The molecule has 1 unspecified atom stereocenters. The van der Waals surface area contributed by atoms with Crippen molar-refractivity contribution < 1.29 is 9.47 Å². The molecule has 12 heavy (non-hydrogen) atoms. The molecule has 0 heterocycles. The standard InChI is InChI=1S/C8H19NO2S/c1-8(9)7-12-6-5-11-4-3-10-2/h8H,3-7,9H2,1-2H3. The summed E-state index contributed by atoms with van der Waals surface area (Å²) in [7, 11) is 1.67. The maximum atomic E-state index is 5.57. The van der Waals surface area contributed by atoms with Gasteiger partial charge < -0.3 is 15.2 Å². The van der Waals surface area contributed by atoms with Crippen molar-refractivity contribution in [1.82, 2.24) is 0 Å². The Morgan fingerprint density at radius 1 is 1.33 bits per heavy atom. The highest BCUT2D eigenvalue weighted by molar-refractivity contribution is 7.99. The lowest BCUT2D eigenvalue weighted by Crippen LogP contribution is -2.18. The van der Waals surface area contributed by atoms with Gasteiger partial charge in [-0.1, -0.05) is 0 Å². The molecule has 4 heteroatoms. The molecule has 0 bridgehead atoms. The second-order valence-corrected chi connectivity index (χ2v) is 3.81. The Labute approximate surface area is 79.0 Å². The topological polar surface area (TPSA) is 44.5 Å². The summed E-state index contributed by atoms with van der Waals surface area (Å²) < 4.78 is 10.1. The third-order valence-electron chi connectivity index (χ3n) is 1.18. The van der Waals surface area contributed by atoms with Gasteiger partial charge in [0.05, 0.1) is 19.8 Å². The zero-order valence-corrected chi connectivity index (χ0v) is 8.73. The van der Waals surface area contributed by atoms with E-state index in [4.69, 9.17) is 15.2 Å². The maximum absolute atomic E-state index is 5.57. The number of methoxy groups -OCH3 is 1. The predicted molar refractivity (Wildman–Crippen MR) is 53.7 cm³/mol. The molecular weight excluding hydrogens is 174 g/mol. The van der Waals surface area contributed by atoms with Gasteiger partial charge >= 0.3 is 0 Å². The fourth-order valence-electron chi connectivity index (χ4n) is 0.631. The van der Waals surface area contributed by atoms with E-state index < -0.39 is 0 Å². The molecule has 2 N–H and O–H groups in total. The Morgan fingerprint density at radius 3 is 2.67 bits per heavy atom. The van der Waals surface area contributed by atoms with Crippen LogP contribution in [-0.4, -0.2) is 44.5 Å². The third-order valence-corrected chi connectivity index (χ3v) is 2.40. The molecule has 0 aliphatic heterocycles. The number of ether oxygens (including phenoxy) is 2. The van der Waals surface area contributed by atoms with Gasteiger partial charge in [-0.2, -0.15) is 11.8 Å². The summed E-state index contributed by atoms with van der Waals surface area (Å²) in [6, 6.07) is 0.286. The molecule has 0 spiro atoms. The summed E-state index contributed by atoms with van der Waals surface area (Å²) in [5.74, 6) is 2.03. The van der Waals surface area contributed by atoms with E-state index in [1.54, 1.807) is 7.11 Å². The van der Waals surface area contributed by atoms with Gasteiger partial charge in [-0.25, -0.2) is 0 Å². The smallest absolute Gasteiger partial charge is 0.0700 e. The van der Waals surface area contributed by atoms with Crippen molar-refractivity contribution in [1.29, 1.82) is 0 Å². The number of nitrogens with two attached hydrogens (primary N) is 1. The molecule has 0 saturated carbocycles. The minimum atomic E-state index is 0.286. The first kappa shape index (κ1) is 12.2. The van der Waals surface area contributed by atoms with Crippen LogP contribution in [0.3, 0.4) is 0 Å². The fraction of sp³-hybridized carbons (Fsp3) is 1.00. The van der Waals surface area contributed by atoms with E-state index in [-0.39, 0.29) is 6.04 Å². The molecule has 0 rings (SSSR count). The van der Waals surface area contributed by atoms with Gasteiger partial charge in [0, 0.05) is 24.7 Å². The lowest BCUT2D eigenvalue weighted by molar-refractivity contribution is 0.0790. The Hall–Kier alpha value is 0.230. The summed E-state index contributed by atoms with van der Waals surface area (Å²) in [4.78, 5) is 0. The zero-order valence-electron chi connectivity index (χ0n) is 7.91. The summed E-state index contributed by atoms with van der Waals surface area (Å²) in [6.45, 7) is 4.17. The molecule has 1 atom stereocenters. The maximum Gasteiger partial charge on any atom is 0.0700 e. The molecule has 0 amide bonds. The Morgan fingerprint density at radius 2 is 2.08 bits per heavy atom. The van der Waals surface area contributed by atoms with Crippen LogP contribution in [0.4, 0.5) is 0 Å².